The first-order valence-electron chi connectivity index (χ1n) is 14.0. The lowest BCUT2D eigenvalue weighted by molar-refractivity contribution is -0.406. The zero-order valence-electron chi connectivity index (χ0n) is 22.7. The van der Waals surface area contributed by atoms with Crippen LogP contribution in [0.2, 0.25) is 0 Å². The molecule has 3 saturated heterocycles. The molecule has 0 spiro atoms. The number of fused-ring (bicyclic) bond motifs is 3. The van der Waals surface area contributed by atoms with Gasteiger partial charge in [0, 0.05) is 17.9 Å². The molecule has 0 aromatic carbocycles. The van der Waals surface area contributed by atoms with E-state index in [0.717, 1.165) is 24.8 Å². The Bertz CT molecular complexity index is 1140. The molecule has 0 unspecified atom stereocenters. The number of hydrogen-bond acceptors (Lipinski definition) is 8. The number of unbranched alkanes of at least 4 members (excludes halogenated alkanes) is 3. The molecule has 0 radical (unpaired) electrons. The van der Waals surface area contributed by atoms with Gasteiger partial charge in [-0.2, -0.15) is 0 Å². The second-order valence-corrected chi connectivity index (χ2v) is 12.3. The highest BCUT2D eigenvalue weighted by Crippen LogP contribution is 2.72. The van der Waals surface area contributed by atoms with Crippen molar-refractivity contribution in [3.05, 3.63) is 48.1 Å². The van der Waals surface area contributed by atoms with Crippen molar-refractivity contribution in [1.82, 2.24) is 0 Å². The number of rotatable bonds is 8. The molecular formula is C30H40O8. The van der Waals surface area contributed by atoms with Gasteiger partial charge in [-0.1, -0.05) is 57.6 Å². The summed E-state index contributed by atoms with van der Waals surface area (Å²) >= 11 is 0. The van der Waals surface area contributed by atoms with E-state index in [1.807, 2.05) is 26.0 Å². The Hall–Kier alpha value is -1.65. The van der Waals surface area contributed by atoms with Crippen LogP contribution in [0.4, 0.5) is 0 Å². The Morgan fingerprint density at radius 3 is 2.66 bits per heavy atom. The maximum atomic E-state index is 13.5. The number of epoxide rings is 1. The minimum atomic E-state index is -2.21. The maximum Gasteiger partial charge on any atom is 0.306 e. The molecule has 0 aromatic rings. The predicted octanol–water partition coefficient (Wildman–Crippen LogP) is 2.87. The van der Waals surface area contributed by atoms with Gasteiger partial charge in [0.1, 0.15) is 29.5 Å². The number of carbonyl (C=O) groups excluding carboxylic acids is 1. The summed E-state index contributed by atoms with van der Waals surface area (Å²) in [5.41, 5.74) is -4.66. The van der Waals surface area contributed by atoms with E-state index in [2.05, 4.69) is 19.6 Å². The largest absolute Gasteiger partial charge is 0.393 e. The summed E-state index contributed by atoms with van der Waals surface area (Å²) in [4.78, 5) is 13.5. The maximum absolute atomic E-state index is 13.5. The number of hydrogen-bond donors (Lipinski definition) is 3. The summed E-state index contributed by atoms with van der Waals surface area (Å²) in [6, 6.07) is 0. The third kappa shape index (κ3) is 3.03. The molecule has 3 N–H and O–H groups in total. The van der Waals surface area contributed by atoms with Gasteiger partial charge in [0.25, 0.3) is 0 Å². The van der Waals surface area contributed by atoms with Crippen LogP contribution in [-0.4, -0.2) is 74.4 Å². The van der Waals surface area contributed by atoms with Gasteiger partial charge in [-0.25, -0.2) is 0 Å². The minimum absolute atomic E-state index is 0.235. The number of ketones is 1. The second-order valence-electron chi connectivity index (χ2n) is 12.3. The molecule has 2 saturated carbocycles. The van der Waals surface area contributed by atoms with Crippen LogP contribution in [0, 0.1) is 17.8 Å². The number of aliphatic hydroxyl groups is 3. The van der Waals surface area contributed by atoms with Crippen LogP contribution >= 0.6 is 0 Å². The molecule has 5 fully saturated rings. The van der Waals surface area contributed by atoms with Crippen molar-refractivity contribution in [2.75, 3.05) is 6.61 Å². The minimum Gasteiger partial charge on any atom is -0.393 e. The molecule has 6 rings (SSSR count). The zero-order valence-corrected chi connectivity index (χ0v) is 22.7. The van der Waals surface area contributed by atoms with Crippen LogP contribution in [0.1, 0.15) is 59.8 Å². The average Bonchev–Trinajstić information content (AvgIpc) is 3.52. The quantitative estimate of drug-likeness (QED) is 0.191. The summed E-state index contributed by atoms with van der Waals surface area (Å²) in [5, 5.41) is 34.1. The molecule has 3 aliphatic heterocycles. The van der Waals surface area contributed by atoms with Crippen molar-refractivity contribution in [3.8, 4) is 0 Å². The first-order chi connectivity index (χ1) is 18.0. The van der Waals surface area contributed by atoms with Crippen molar-refractivity contribution in [3.63, 3.8) is 0 Å². The van der Waals surface area contributed by atoms with Crippen LogP contribution in [0.3, 0.4) is 0 Å². The summed E-state index contributed by atoms with van der Waals surface area (Å²) in [6.07, 6.45) is 11.4. The zero-order chi connectivity index (χ0) is 27.3. The molecular weight excluding hydrogens is 488 g/mol. The molecule has 38 heavy (non-hydrogen) atoms. The van der Waals surface area contributed by atoms with E-state index in [9.17, 15) is 20.1 Å². The molecule has 0 aromatic heterocycles. The Morgan fingerprint density at radius 2 is 1.97 bits per heavy atom. The van der Waals surface area contributed by atoms with Crippen LogP contribution < -0.4 is 0 Å². The third-order valence-corrected chi connectivity index (χ3v) is 10.2. The molecule has 3 bridgehead atoms. The molecule has 3 aliphatic carbocycles. The summed E-state index contributed by atoms with van der Waals surface area (Å²) < 4.78 is 26.3. The normalized spacial score (nSPS) is 52.2. The summed E-state index contributed by atoms with van der Waals surface area (Å²) in [5.74, 6) is -3.79. The van der Waals surface area contributed by atoms with E-state index in [1.165, 1.54) is 6.42 Å². The van der Waals surface area contributed by atoms with Gasteiger partial charge in [0.2, 0.25) is 0 Å². The number of ether oxygens (including phenoxy) is 4. The lowest BCUT2D eigenvalue weighted by atomic mass is 9.54. The molecule has 8 nitrogen and oxygen atoms in total. The molecule has 0 amide bonds. The standard InChI is InChI=1S/C30H40O8/c1-6-7-8-9-10-11-12-13-28-36-23-21-24-27(16-31,35-24)25(33)29(34)20(14-18(4)22(29)32)30(21,38-28)19(5)15-26(23,37-28)17(2)3/h10-14,19-21,23-25,31,33-34H,2,6-9,15-16H2,1,3-5H3/b11-10+,13-12+/t19-,20-,21-,23-,24+,25-,26-,27+,28+,29-,30+/m1/s1. The SMILES string of the molecule is C=C(C)[C@]12C[C@@H](C)[C@@]34O[C@@](/C=C/C=C/CCCCC)(O[C@@H]1[C@@H]3[C@@H]1O[C@]1(CO)[C@@H](O)[C@]1(O)C(=O)C(C)=C[C@H]14)O2. The van der Waals surface area contributed by atoms with Crippen molar-refractivity contribution < 1.29 is 39.1 Å². The Morgan fingerprint density at radius 1 is 1.21 bits per heavy atom. The van der Waals surface area contributed by atoms with E-state index >= 15 is 0 Å². The van der Waals surface area contributed by atoms with E-state index in [-0.39, 0.29) is 5.92 Å². The number of allylic oxidation sites excluding steroid dienone is 3. The van der Waals surface area contributed by atoms with Crippen LogP contribution in [0.5, 0.6) is 0 Å². The molecule has 3 heterocycles. The van der Waals surface area contributed by atoms with E-state index < -0.39 is 70.9 Å². The van der Waals surface area contributed by atoms with Gasteiger partial charge in [0.15, 0.2) is 11.4 Å². The van der Waals surface area contributed by atoms with Gasteiger partial charge in [0.05, 0.1) is 12.2 Å². The van der Waals surface area contributed by atoms with Gasteiger partial charge in [-0.05, 0) is 50.2 Å². The van der Waals surface area contributed by atoms with Gasteiger partial charge < -0.3 is 34.3 Å². The van der Waals surface area contributed by atoms with Crippen LogP contribution in [0.25, 0.3) is 0 Å². The molecule has 8 heteroatoms. The average molecular weight is 529 g/mol. The summed E-state index contributed by atoms with van der Waals surface area (Å²) in [7, 11) is 0. The predicted molar refractivity (Wildman–Crippen MR) is 138 cm³/mol. The fraction of sp³-hybridized carbons (Fsp3) is 0.700. The molecule has 11 atom stereocenters. The smallest absolute Gasteiger partial charge is 0.306 e. The highest BCUT2D eigenvalue weighted by Gasteiger charge is 2.88. The van der Waals surface area contributed by atoms with E-state index in [1.54, 1.807) is 19.1 Å². The van der Waals surface area contributed by atoms with Gasteiger partial charge >= 0.3 is 5.97 Å². The van der Waals surface area contributed by atoms with Crippen molar-refractivity contribution in [1.29, 1.82) is 0 Å². The monoisotopic (exact) mass is 528 g/mol. The van der Waals surface area contributed by atoms with Crippen molar-refractivity contribution in [2.24, 2.45) is 17.8 Å². The van der Waals surface area contributed by atoms with Crippen molar-refractivity contribution in [2.45, 2.75) is 106 Å². The van der Waals surface area contributed by atoms with Gasteiger partial charge in [-0.3, -0.25) is 4.79 Å². The van der Waals surface area contributed by atoms with Crippen LogP contribution in [0.15, 0.2) is 48.1 Å². The summed E-state index contributed by atoms with van der Waals surface area (Å²) in [6.45, 7) is 11.5. The lowest BCUT2D eigenvalue weighted by Crippen LogP contribution is -2.72. The Balaban J connectivity index is 1.48. The highest BCUT2D eigenvalue weighted by molar-refractivity contribution is 6.05. The first-order valence-corrected chi connectivity index (χ1v) is 14.0. The number of aliphatic hydroxyl groups excluding tert-OH is 2. The third-order valence-electron chi connectivity index (χ3n) is 10.2. The first kappa shape index (κ1) is 26.6. The number of carbonyl (C=O) groups is 1. The topological polar surface area (TPSA) is 118 Å². The van der Waals surface area contributed by atoms with E-state index in [4.69, 9.17) is 18.9 Å². The number of Topliss-reactive ketones (excluding diaryl/α,β-unsaturated/α-hetero) is 1. The van der Waals surface area contributed by atoms with Crippen LogP contribution in [-0.2, 0) is 23.7 Å². The lowest BCUT2D eigenvalue weighted by Gasteiger charge is -2.59. The Kier molecular flexibility index (Phi) is 5.89. The molecule has 6 aliphatic rings. The second kappa shape index (κ2) is 8.43. The van der Waals surface area contributed by atoms with Crippen molar-refractivity contribution >= 4 is 5.78 Å². The highest BCUT2D eigenvalue weighted by atomic mass is 16.9. The van der Waals surface area contributed by atoms with E-state index in [0.29, 0.717) is 12.0 Å². The Labute approximate surface area is 224 Å². The molecule has 208 valence electrons. The fourth-order valence-electron chi connectivity index (χ4n) is 8.28. The van der Waals surface area contributed by atoms with Gasteiger partial charge in [-0.15, -0.1) is 0 Å². The fourth-order valence-corrected chi connectivity index (χ4v) is 8.28.